The minimum atomic E-state index is -5.08. The first kappa shape index (κ1) is 25.5. The van der Waals surface area contributed by atoms with E-state index in [1.807, 2.05) is 5.32 Å². The second-order valence-corrected chi connectivity index (χ2v) is 6.57. The van der Waals surface area contributed by atoms with Gasteiger partial charge in [-0.25, -0.2) is 9.74 Å². The van der Waals surface area contributed by atoms with E-state index in [1.54, 1.807) is 5.32 Å². The quantitative estimate of drug-likeness (QED) is 0.568. The van der Waals surface area contributed by atoms with Gasteiger partial charge < -0.3 is 15.4 Å². The van der Waals surface area contributed by atoms with Gasteiger partial charge in [0.25, 0.3) is 5.91 Å². The third-order valence-electron chi connectivity index (χ3n) is 4.35. The SMILES string of the molecule is CC(=O)NC(C(=O)NCc1ccccc1OC(F)(F)F)(c1ccccc1)C(F)(F)C(=O)OF. The number of carbonyl (C=O) groups is 3. The normalized spacial score (nSPS) is 13.4. The summed E-state index contributed by atoms with van der Waals surface area (Å²) in [6, 6.07) is 10.2. The lowest BCUT2D eigenvalue weighted by atomic mass is 9.82. The lowest BCUT2D eigenvalue weighted by molar-refractivity contribution is -0.274. The summed E-state index contributed by atoms with van der Waals surface area (Å²) >= 11 is 0. The van der Waals surface area contributed by atoms with Crippen molar-refractivity contribution < 1.29 is 50.5 Å². The van der Waals surface area contributed by atoms with E-state index in [2.05, 4.69) is 9.68 Å². The summed E-state index contributed by atoms with van der Waals surface area (Å²) in [6.07, 6.45) is -5.08. The van der Waals surface area contributed by atoms with Crippen molar-refractivity contribution in [2.45, 2.75) is 31.3 Å². The summed E-state index contributed by atoms with van der Waals surface area (Å²) in [7, 11) is 0. The molecule has 1 atom stereocenters. The molecule has 178 valence electrons. The van der Waals surface area contributed by atoms with E-state index in [-0.39, 0.29) is 5.56 Å². The number of halogens is 6. The molecule has 1 unspecified atom stereocenters. The zero-order valence-electron chi connectivity index (χ0n) is 16.7. The topological polar surface area (TPSA) is 93.7 Å². The van der Waals surface area contributed by atoms with Crippen LogP contribution < -0.4 is 15.4 Å². The molecule has 2 aromatic rings. The van der Waals surface area contributed by atoms with E-state index in [4.69, 9.17) is 0 Å². The molecule has 0 fully saturated rings. The number of nitrogens with one attached hydrogen (secondary N) is 2. The molecule has 2 rings (SSSR count). The Hall–Kier alpha value is -3.77. The zero-order valence-corrected chi connectivity index (χ0v) is 16.7. The van der Waals surface area contributed by atoms with E-state index in [9.17, 15) is 32.1 Å². The van der Waals surface area contributed by atoms with Gasteiger partial charge in [-0.15, -0.1) is 13.2 Å². The van der Waals surface area contributed by atoms with Crippen molar-refractivity contribution in [3.63, 3.8) is 0 Å². The predicted molar refractivity (Wildman–Crippen MR) is 99.1 cm³/mol. The van der Waals surface area contributed by atoms with Gasteiger partial charge in [-0.3, -0.25) is 9.59 Å². The van der Waals surface area contributed by atoms with Crippen molar-refractivity contribution in [2.24, 2.45) is 0 Å². The largest absolute Gasteiger partial charge is 0.573 e. The van der Waals surface area contributed by atoms with Crippen molar-refractivity contribution >= 4 is 17.8 Å². The number of hydrogen-bond acceptors (Lipinski definition) is 5. The van der Waals surface area contributed by atoms with Crippen LogP contribution in [0, 0.1) is 0 Å². The van der Waals surface area contributed by atoms with Crippen LogP contribution in [0.5, 0.6) is 5.75 Å². The van der Waals surface area contributed by atoms with Crippen LogP contribution in [0.1, 0.15) is 18.1 Å². The van der Waals surface area contributed by atoms with Gasteiger partial charge in [-0.2, -0.15) is 8.78 Å². The van der Waals surface area contributed by atoms with Crippen LogP contribution in [0.15, 0.2) is 54.6 Å². The zero-order chi connectivity index (χ0) is 24.9. The second-order valence-electron chi connectivity index (χ2n) is 6.57. The summed E-state index contributed by atoms with van der Waals surface area (Å²) in [6.45, 7) is -0.0334. The Bertz CT molecular complexity index is 1020. The number of alkyl halides is 5. The van der Waals surface area contributed by atoms with E-state index < -0.39 is 53.5 Å². The number of hydrogen-bond donors (Lipinski definition) is 2. The maximum Gasteiger partial charge on any atom is 0.573 e. The maximum absolute atomic E-state index is 15.1. The Morgan fingerprint density at radius 2 is 1.48 bits per heavy atom. The molecule has 2 N–H and O–H groups in total. The smallest absolute Gasteiger partial charge is 0.405 e. The highest BCUT2D eigenvalue weighted by Crippen LogP contribution is 2.40. The minimum Gasteiger partial charge on any atom is -0.405 e. The van der Waals surface area contributed by atoms with Crippen molar-refractivity contribution in [3.05, 3.63) is 65.7 Å². The molecule has 13 heteroatoms. The summed E-state index contributed by atoms with van der Waals surface area (Å²) in [5.41, 5.74) is -4.42. The second kappa shape index (κ2) is 9.79. The molecule has 2 aromatic carbocycles. The predicted octanol–water partition coefficient (Wildman–Crippen LogP) is 3.30. The molecule has 0 aliphatic carbocycles. The first-order chi connectivity index (χ1) is 15.3. The molecule has 7 nitrogen and oxygen atoms in total. The van der Waals surface area contributed by atoms with E-state index in [1.165, 1.54) is 30.3 Å². The van der Waals surface area contributed by atoms with Gasteiger partial charge in [0.1, 0.15) is 5.75 Å². The third kappa shape index (κ3) is 5.54. The Morgan fingerprint density at radius 3 is 2.03 bits per heavy atom. The van der Waals surface area contributed by atoms with Crippen molar-refractivity contribution in [1.29, 1.82) is 0 Å². The standard InChI is InChI=1S/C20H16F6N2O5/c1-12(29)28-18(14-8-3-2-4-9-14,19(21,22)17(31)33-26)16(30)27-11-13-7-5-6-10-15(13)32-20(23,24)25/h2-10H,11H2,1H3,(H,27,30)(H,28,29). The van der Waals surface area contributed by atoms with Crippen LogP contribution in [0.3, 0.4) is 0 Å². The van der Waals surface area contributed by atoms with Gasteiger partial charge in [-0.1, -0.05) is 48.5 Å². The van der Waals surface area contributed by atoms with Gasteiger partial charge in [0.2, 0.25) is 11.4 Å². The van der Waals surface area contributed by atoms with Crippen LogP contribution in [0.2, 0.25) is 0 Å². The number of rotatable bonds is 8. The molecule has 0 spiro atoms. The average Bonchev–Trinajstić information content (AvgIpc) is 2.75. The van der Waals surface area contributed by atoms with Gasteiger partial charge in [-0.05, 0) is 11.6 Å². The molecule has 0 heterocycles. The van der Waals surface area contributed by atoms with E-state index in [0.717, 1.165) is 31.2 Å². The van der Waals surface area contributed by atoms with E-state index in [0.29, 0.717) is 0 Å². The maximum atomic E-state index is 15.1. The lowest BCUT2D eigenvalue weighted by Crippen LogP contribution is -2.68. The van der Waals surface area contributed by atoms with E-state index >= 15 is 8.78 Å². The summed E-state index contributed by atoms with van der Waals surface area (Å²) < 4.78 is 84.4. The Labute approximate surface area is 182 Å². The fourth-order valence-electron chi connectivity index (χ4n) is 3.00. The molecule has 0 aliphatic heterocycles. The fraction of sp³-hybridized carbons (Fsp3) is 0.250. The molecule has 0 aliphatic rings. The average molecular weight is 478 g/mol. The van der Waals surface area contributed by atoms with Gasteiger partial charge in [0, 0.05) is 23.6 Å². The number of amides is 2. The van der Waals surface area contributed by atoms with Crippen LogP contribution in [0.25, 0.3) is 0 Å². The molecule has 0 radical (unpaired) electrons. The highest BCUT2D eigenvalue weighted by Gasteiger charge is 2.67. The minimum absolute atomic E-state index is 0.274. The Kier molecular flexibility index (Phi) is 7.57. The van der Waals surface area contributed by atoms with Gasteiger partial charge in [0.15, 0.2) is 0 Å². The number of ether oxygens (including phenoxy) is 1. The summed E-state index contributed by atoms with van der Waals surface area (Å²) in [4.78, 5) is 39.1. The first-order valence-corrected chi connectivity index (χ1v) is 9.02. The molecule has 33 heavy (non-hydrogen) atoms. The Morgan fingerprint density at radius 1 is 0.909 bits per heavy atom. The molecule has 0 bridgehead atoms. The van der Waals surface area contributed by atoms with Crippen LogP contribution in [-0.4, -0.2) is 30.1 Å². The van der Waals surface area contributed by atoms with Crippen molar-refractivity contribution in [2.75, 3.05) is 0 Å². The van der Waals surface area contributed by atoms with Gasteiger partial charge in [0.05, 0.1) is 0 Å². The molecule has 2 amide bonds. The summed E-state index contributed by atoms with van der Waals surface area (Å²) in [5, 5.41) is 3.62. The van der Waals surface area contributed by atoms with Gasteiger partial charge >= 0.3 is 18.3 Å². The first-order valence-electron chi connectivity index (χ1n) is 9.02. The number of para-hydroxylation sites is 1. The lowest BCUT2D eigenvalue weighted by Gasteiger charge is -2.37. The van der Waals surface area contributed by atoms with Crippen molar-refractivity contribution in [3.8, 4) is 5.75 Å². The third-order valence-corrected chi connectivity index (χ3v) is 4.35. The fourth-order valence-corrected chi connectivity index (χ4v) is 3.00. The highest BCUT2D eigenvalue weighted by molar-refractivity contribution is 5.99. The van der Waals surface area contributed by atoms with Crippen molar-refractivity contribution in [1.82, 2.24) is 10.6 Å². The monoisotopic (exact) mass is 478 g/mol. The van der Waals surface area contributed by atoms with Crippen LogP contribution in [0.4, 0.5) is 26.5 Å². The molecule has 0 saturated heterocycles. The number of benzene rings is 2. The molecule has 0 saturated carbocycles. The molecular weight excluding hydrogens is 462 g/mol. The van der Waals surface area contributed by atoms with Crippen LogP contribution in [-0.2, 0) is 31.4 Å². The highest BCUT2D eigenvalue weighted by atomic mass is 19.4. The summed E-state index contributed by atoms with van der Waals surface area (Å²) in [5.74, 6) is -11.4. The molecular formula is C20H16F6N2O5. The molecule has 0 aromatic heterocycles. The number of carbonyl (C=O) groups excluding carboxylic acids is 3. The van der Waals surface area contributed by atoms with Crippen LogP contribution >= 0.6 is 0 Å². The Balaban J connectivity index is 2.54.